The molecule has 184 valence electrons. The lowest BCUT2D eigenvalue weighted by atomic mass is 9.88. The minimum Gasteiger partial charge on any atom is -0.462 e. The predicted octanol–water partition coefficient (Wildman–Crippen LogP) is 7.38. The number of benzene rings is 3. The molecule has 1 N–H and O–H groups in total. The van der Waals surface area contributed by atoms with Crippen LogP contribution in [0.1, 0.15) is 44.6 Å². The van der Waals surface area contributed by atoms with E-state index in [4.69, 9.17) is 9.47 Å². The van der Waals surface area contributed by atoms with Gasteiger partial charge in [0.15, 0.2) is 11.6 Å². The minimum atomic E-state index is -1.05. The zero-order valence-corrected chi connectivity index (χ0v) is 19.8. The van der Waals surface area contributed by atoms with Crippen LogP contribution in [0.5, 0.6) is 5.75 Å². The van der Waals surface area contributed by atoms with Gasteiger partial charge < -0.3 is 14.6 Å². The van der Waals surface area contributed by atoms with Crippen LogP contribution in [-0.2, 0) is 4.74 Å². The van der Waals surface area contributed by atoms with Crippen LogP contribution in [0.3, 0.4) is 0 Å². The van der Waals surface area contributed by atoms with Gasteiger partial charge in [0.05, 0.1) is 25.1 Å². The SMILES string of the molecule is C/C=C\Oc1ccc(-c2ccc(-c3ccc(C4CCC(C(O)CC)OC4)c(F)c3)cc2)c(F)c1F. The van der Waals surface area contributed by atoms with E-state index in [0.29, 0.717) is 36.1 Å². The molecule has 0 aromatic heterocycles. The summed E-state index contributed by atoms with van der Waals surface area (Å²) in [6.07, 6.45) is 4.28. The van der Waals surface area contributed by atoms with Crippen LogP contribution in [0, 0.1) is 17.5 Å². The molecule has 0 spiro atoms. The number of hydrogen-bond donors (Lipinski definition) is 1. The largest absolute Gasteiger partial charge is 0.462 e. The Kier molecular flexibility index (Phi) is 7.93. The molecule has 3 aromatic carbocycles. The maximum atomic E-state index is 15.0. The summed E-state index contributed by atoms with van der Waals surface area (Å²) in [7, 11) is 0. The molecule has 3 aromatic rings. The summed E-state index contributed by atoms with van der Waals surface area (Å²) in [6.45, 7) is 4.01. The van der Waals surface area contributed by atoms with E-state index >= 15 is 0 Å². The molecule has 35 heavy (non-hydrogen) atoms. The number of aliphatic hydroxyl groups excluding tert-OH is 1. The van der Waals surface area contributed by atoms with E-state index in [1.165, 1.54) is 24.5 Å². The Labute approximate surface area is 203 Å². The van der Waals surface area contributed by atoms with E-state index in [1.54, 1.807) is 43.3 Å². The van der Waals surface area contributed by atoms with E-state index in [-0.39, 0.29) is 29.2 Å². The first-order valence-electron chi connectivity index (χ1n) is 11.9. The second-order valence-electron chi connectivity index (χ2n) is 8.76. The molecule has 1 saturated heterocycles. The second kappa shape index (κ2) is 11.1. The van der Waals surface area contributed by atoms with E-state index in [9.17, 15) is 18.3 Å². The molecule has 0 aliphatic carbocycles. The van der Waals surface area contributed by atoms with E-state index < -0.39 is 17.7 Å². The molecule has 1 fully saturated rings. The van der Waals surface area contributed by atoms with Crippen molar-refractivity contribution in [2.45, 2.75) is 51.2 Å². The maximum Gasteiger partial charge on any atom is 0.201 e. The summed E-state index contributed by atoms with van der Waals surface area (Å²) in [5.41, 5.74) is 2.68. The Morgan fingerprint density at radius 2 is 1.69 bits per heavy atom. The van der Waals surface area contributed by atoms with Gasteiger partial charge in [-0.1, -0.05) is 49.4 Å². The van der Waals surface area contributed by atoms with Crippen LogP contribution in [0.2, 0.25) is 0 Å². The third-order valence-corrected chi connectivity index (χ3v) is 6.51. The van der Waals surface area contributed by atoms with Crippen molar-refractivity contribution in [1.82, 2.24) is 0 Å². The molecule has 1 aliphatic rings. The molecule has 3 unspecified atom stereocenters. The average Bonchev–Trinajstić information content (AvgIpc) is 2.89. The number of hydrogen-bond acceptors (Lipinski definition) is 3. The van der Waals surface area contributed by atoms with Gasteiger partial charge in [-0.05, 0) is 66.6 Å². The van der Waals surface area contributed by atoms with Gasteiger partial charge in [-0.2, -0.15) is 4.39 Å². The Bertz CT molecular complexity index is 1180. The summed E-state index contributed by atoms with van der Waals surface area (Å²) in [4.78, 5) is 0. The number of rotatable bonds is 7. The Morgan fingerprint density at radius 3 is 2.31 bits per heavy atom. The normalized spacial score (nSPS) is 19.1. The van der Waals surface area contributed by atoms with Crippen molar-refractivity contribution in [2.24, 2.45) is 0 Å². The van der Waals surface area contributed by atoms with Crippen molar-refractivity contribution in [1.29, 1.82) is 0 Å². The summed E-state index contributed by atoms with van der Waals surface area (Å²) in [5, 5.41) is 9.97. The van der Waals surface area contributed by atoms with E-state index in [2.05, 4.69) is 0 Å². The lowest BCUT2D eigenvalue weighted by Gasteiger charge is -2.32. The summed E-state index contributed by atoms with van der Waals surface area (Å²) in [5.74, 6) is -2.58. The third kappa shape index (κ3) is 5.44. The molecule has 1 aliphatic heterocycles. The van der Waals surface area contributed by atoms with Gasteiger partial charge in [0.2, 0.25) is 5.82 Å². The fourth-order valence-electron chi connectivity index (χ4n) is 4.45. The van der Waals surface area contributed by atoms with Crippen molar-refractivity contribution in [3.8, 4) is 28.0 Å². The molecule has 0 amide bonds. The summed E-state index contributed by atoms with van der Waals surface area (Å²) < 4.78 is 54.8. The monoisotopic (exact) mass is 482 g/mol. The zero-order valence-electron chi connectivity index (χ0n) is 19.8. The van der Waals surface area contributed by atoms with Crippen LogP contribution in [0.15, 0.2) is 66.9 Å². The Hall–Kier alpha value is -3.09. The zero-order chi connectivity index (χ0) is 24.9. The molecule has 1 heterocycles. The maximum absolute atomic E-state index is 15.0. The highest BCUT2D eigenvalue weighted by molar-refractivity contribution is 5.71. The van der Waals surface area contributed by atoms with Crippen molar-refractivity contribution in [2.75, 3.05) is 6.61 Å². The third-order valence-electron chi connectivity index (χ3n) is 6.51. The summed E-state index contributed by atoms with van der Waals surface area (Å²) >= 11 is 0. The van der Waals surface area contributed by atoms with Crippen molar-refractivity contribution < 1.29 is 27.8 Å². The van der Waals surface area contributed by atoms with Gasteiger partial charge in [-0.25, -0.2) is 8.78 Å². The second-order valence-corrected chi connectivity index (χ2v) is 8.76. The molecule has 6 heteroatoms. The molecular formula is C29H29F3O3. The van der Waals surface area contributed by atoms with Gasteiger partial charge in [0.1, 0.15) is 5.82 Å². The van der Waals surface area contributed by atoms with E-state index in [1.807, 2.05) is 13.0 Å². The highest BCUT2D eigenvalue weighted by Crippen LogP contribution is 2.35. The number of allylic oxidation sites excluding steroid dienone is 1. The summed E-state index contributed by atoms with van der Waals surface area (Å²) in [6, 6.07) is 14.9. The predicted molar refractivity (Wildman–Crippen MR) is 131 cm³/mol. The van der Waals surface area contributed by atoms with Gasteiger partial charge in [0.25, 0.3) is 0 Å². The average molecular weight is 483 g/mol. The number of ether oxygens (including phenoxy) is 2. The lowest BCUT2D eigenvalue weighted by molar-refractivity contribution is -0.0700. The highest BCUT2D eigenvalue weighted by atomic mass is 19.2. The number of halogens is 3. The van der Waals surface area contributed by atoms with Crippen molar-refractivity contribution in [3.63, 3.8) is 0 Å². The quantitative estimate of drug-likeness (QED) is 0.357. The first-order valence-corrected chi connectivity index (χ1v) is 11.9. The molecular weight excluding hydrogens is 453 g/mol. The first-order chi connectivity index (χ1) is 16.9. The first kappa shape index (κ1) is 25.0. The minimum absolute atomic E-state index is 0.0515. The molecule has 0 bridgehead atoms. The standard InChI is InChI=1S/C29H29F3O3/c1-3-15-34-27-14-12-23(28(31)29(27)32)19-7-5-18(6-8-19)20-9-11-22(24(30)16-20)21-10-13-26(35-17-21)25(33)4-2/h3,5-9,11-12,14-16,21,25-26,33H,4,10,13,17H2,1-2H3/b15-3-. The molecule has 3 atom stereocenters. The highest BCUT2D eigenvalue weighted by Gasteiger charge is 2.28. The Balaban J connectivity index is 1.49. The fraction of sp³-hybridized carbons (Fsp3) is 0.310. The van der Waals surface area contributed by atoms with Gasteiger partial charge in [-0.3, -0.25) is 0 Å². The van der Waals surface area contributed by atoms with Crippen LogP contribution in [0.4, 0.5) is 13.2 Å². The van der Waals surface area contributed by atoms with Crippen molar-refractivity contribution in [3.05, 3.63) is 90.0 Å². The van der Waals surface area contributed by atoms with Gasteiger partial charge in [0, 0.05) is 11.5 Å². The van der Waals surface area contributed by atoms with Gasteiger partial charge in [-0.15, -0.1) is 0 Å². The molecule has 4 rings (SSSR count). The van der Waals surface area contributed by atoms with Crippen LogP contribution in [-0.4, -0.2) is 23.9 Å². The molecule has 3 nitrogen and oxygen atoms in total. The van der Waals surface area contributed by atoms with E-state index in [0.717, 1.165) is 12.0 Å². The molecule has 0 radical (unpaired) electrons. The van der Waals surface area contributed by atoms with Gasteiger partial charge >= 0.3 is 0 Å². The topological polar surface area (TPSA) is 38.7 Å². The van der Waals surface area contributed by atoms with Crippen LogP contribution >= 0.6 is 0 Å². The molecule has 0 saturated carbocycles. The van der Waals surface area contributed by atoms with Crippen LogP contribution in [0.25, 0.3) is 22.3 Å². The lowest BCUT2D eigenvalue weighted by Crippen LogP contribution is -2.34. The smallest absolute Gasteiger partial charge is 0.201 e. The van der Waals surface area contributed by atoms with Crippen LogP contribution < -0.4 is 4.74 Å². The van der Waals surface area contributed by atoms with Crippen molar-refractivity contribution >= 4 is 0 Å². The number of aliphatic hydroxyl groups is 1. The fourth-order valence-corrected chi connectivity index (χ4v) is 4.45. The Morgan fingerprint density at radius 1 is 0.971 bits per heavy atom.